The Morgan fingerprint density at radius 3 is 2.36 bits per heavy atom. The maximum Gasteiger partial charge on any atom is 0.0213 e. The molecule has 0 heterocycles. The highest BCUT2D eigenvalue weighted by Gasteiger charge is 2.04. The third-order valence-electron chi connectivity index (χ3n) is 1.86. The summed E-state index contributed by atoms with van der Waals surface area (Å²) < 4.78 is 21.0. The quantitative estimate of drug-likeness (QED) is 0.461. The summed E-state index contributed by atoms with van der Waals surface area (Å²) >= 11 is -1.86. The third-order valence-corrected chi connectivity index (χ3v) is 2.97. The molecule has 0 aromatic rings. The predicted molar refractivity (Wildman–Crippen MR) is 47.1 cm³/mol. The van der Waals surface area contributed by atoms with Crippen molar-refractivity contribution in [3.8, 4) is 0 Å². The highest BCUT2D eigenvalue weighted by molar-refractivity contribution is 7.79. The third kappa shape index (κ3) is 5.39. The van der Waals surface area contributed by atoms with Crippen LogP contribution in [0.4, 0.5) is 0 Å². The molecule has 0 rings (SSSR count). The molecule has 0 saturated carbocycles. The molecule has 0 aliphatic heterocycles. The summed E-state index contributed by atoms with van der Waals surface area (Å²) in [5.41, 5.74) is 0. The van der Waals surface area contributed by atoms with Crippen molar-refractivity contribution in [2.24, 2.45) is 0 Å². The molecular formula is C8H17O2S-. The molecule has 0 aromatic carbocycles. The van der Waals surface area contributed by atoms with Crippen molar-refractivity contribution in [3.63, 3.8) is 0 Å². The number of rotatable bonds is 6. The number of unbranched alkanes of at least 4 members (excludes halogenated alkanes) is 2. The van der Waals surface area contributed by atoms with Gasteiger partial charge >= 0.3 is 0 Å². The molecule has 0 spiro atoms. The lowest BCUT2D eigenvalue weighted by atomic mass is 10.1. The Bertz CT molecular complexity index is 115. The number of hydrogen-bond acceptors (Lipinski definition) is 2. The predicted octanol–water partition coefficient (Wildman–Crippen LogP) is 2.22. The number of hydrogen-bond donors (Lipinski definition) is 0. The van der Waals surface area contributed by atoms with Crippen molar-refractivity contribution >= 4 is 11.1 Å². The van der Waals surface area contributed by atoms with Crippen molar-refractivity contribution in [2.45, 2.75) is 51.2 Å². The molecule has 0 saturated heterocycles. The minimum absolute atomic E-state index is 0.110. The lowest BCUT2D eigenvalue weighted by molar-refractivity contribution is 0.505. The first-order chi connectivity index (χ1) is 5.22. The van der Waals surface area contributed by atoms with Crippen LogP contribution in [0.3, 0.4) is 0 Å². The maximum absolute atomic E-state index is 10.5. The Hall–Kier alpha value is 0.110. The van der Waals surface area contributed by atoms with E-state index in [4.69, 9.17) is 0 Å². The van der Waals surface area contributed by atoms with Gasteiger partial charge in [-0.05, 0) is 12.8 Å². The van der Waals surface area contributed by atoms with Crippen LogP contribution >= 0.6 is 0 Å². The molecule has 2 nitrogen and oxygen atoms in total. The second kappa shape index (κ2) is 6.80. The van der Waals surface area contributed by atoms with Gasteiger partial charge in [-0.15, -0.1) is 0 Å². The summed E-state index contributed by atoms with van der Waals surface area (Å²) in [6, 6.07) is 0. The first-order valence-corrected chi connectivity index (χ1v) is 5.44. The summed E-state index contributed by atoms with van der Waals surface area (Å²) in [6.45, 7) is 4.04. The fourth-order valence-corrected chi connectivity index (χ4v) is 1.69. The van der Waals surface area contributed by atoms with Crippen LogP contribution in [0.2, 0.25) is 0 Å². The van der Waals surface area contributed by atoms with Gasteiger partial charge in [0.2, 0.25) is 0 Å². The van der Waals surface area contributed by atoms with Crippen LogP contribution in [0.15, 0.2) is 0 Å². The molecule has 0 bridgehead atoms. The van der Waals surface area contributed by atoms with Crippen molar-refractivity contribution in [1.29, 1.82) is 0 Å². The van der Waals surface area contributed by atoms with Crippen LogP contribution in [-0.4, -0.2) is 14.0 Å². The Morgan fingerprint density at radius 1 is 1.36 bits per heavy atom. The SMILES string of the molecule is CCCCCC(CC)S(=O)[O-]. The molecule has 3 heteroatoms. The largest absolute Gasteiger partial charge is 0.772 e. The van der Waals surface area contributed by atoms with Crippen LogP contribution in [-0.2, 0) is 11.1 Å². The molecule has 0 aliphatic rings. The Kier molecular flexibility index (Phi) is 6.87. The van der Waals surface area contributed by atoms with Crippen molar-refractivity contribution in [1.82, 2.24) is 0 Å². The zero-order chi connectivity index (χ0) is 8.69. The van der Waals surface area contributed by atoms with Gasteiger partial charge in [-0.25, -0.2) is 0 Å². The van der Waals surface area contributed by atoms with E-state index < -0.39 is 11.1 Å². The van der Waals surface area contributed by atoms with Crippen LogP contribution in [0, 0.1) is 0 Å². The fraction of sp³-hybridized carbons (Fsp3) is 1.00. The van der Waals surface area contributed by atoms with Gasteiger partial charge in [-0.3, -0.25) is 4.21 Å². The summed E-state index contributed by atoms with van der Waals surface area (Å²) in [7, 11) is 0. The van der Waals surface area contributed by atoms with Gasteiger partial charge in [0.05, 0.1) is 0 Å². The molecular weight excluding hydrogens is 160 g/mol. The van der Waals surface area contributed by atoms with Crippen LogP contribution in [0.25, 0.3) is 0 Å². The highest BCUT2D eigenvalue weighted by Crippen LogP contribution is 2.10. The molecule has 68 valence electrons. The zero-order valence-electron chi connectivity index (χ0n) is 7.34. The first-order valence-electron chi connectivity index (χ1n) is 4.30. The Balaban J connectivity index is 3.44. The fourth-order valence-electron chi connectivity index (χ4n) is 1.06. The standard InChI is InChI=1S/C8H18O2S/c1-3-5-6-7-8(4-2)11(9)10/h8H,3-7H2,1-2H3,(H,9,10)/p-1. The van der Waals surface area contributed by atoms with E-state index in [9.17, 15) is 8.76 Å². The minimum atomic E-state index is -1.86. The van der Waals surface area contributed by atoms with Gasteiger partial charge in [-0.1, -0.05) is 44.2 Å². The topological polar surface area (TPSA) is 40.1 Å². The average Bonchev–Trinajstić information content (AvgIpc) is 1.97. The minimum Gasteiger partial charge on any atom is -0.772 e. The van der Waals surface area contributed by atoms with Gasteiger partial charge < -0.3 is 4.55 Å². The van der Waals surface area contributed by atoms with Crippen LogP contribution < -0.4 is 0 Å². The lowest BCUT2D eigenvalue weighted by Gasteiger charge is -2.16. The molecule has 0 aromatic heterocycles. The van der Waals surface area contributed by atoms with E-state index >= 15 is 0 Å². The average molecular weight is 177 g/mol. The molecule has 0 amide bonds. The molecule has 2 atom stereocenters. The van der Waals surface area contributed by atoms with Gasteiger partial charge in [0, 0.05) is 5.25 Å². The van der Waals surface area contributed by atoms with Gasteiger partial charge in [-0.2, -0.15) is 0 Å². The van der Waals surface area contributed by atoms with E-state index in [0.717, 1.165) is 32.1 Å². The Morgan fingerprint density at radius 2 is 2.00 bits per heavy atom. The first kappa shape index (κ1) is 11.1. The van der Waals surface area contributed by atoms with E-state index in [2.05, 4.69) is 6.92 Å². The molecule has 0 fully saturated rings. The second-order valence-electron chi connectivity index (χ2n) is 2.79. The normalized spacial score (nSPS) is 16.3. The molecule has 2 unspecified atom stereocenters. The zero-order valence-corrected chi connectivity index (χ0v) is 8.15. The van der Waals surface area contributed by atoms with E-state index in [1.54, 1.807) is 0 Å². The van der Waals surface area contributed by atoms with Crippen molar-refractivity contribution in [3.05, 3.63) is 0 Å². The van der Waals surface area contributed by atoms with Crippen LogP contribution in [0.5, 0.6) is 0 Å². The van der Waals surface area contributed by atoms with E-state index in [1.165, 1.54) is 0 Å². The monoisotopic (exact) mass is 177 g/mol. The highest BCUT2D eigenvalue weighted by atomic mass is 32.2. The van der Waals surface area contributed by atoms with Gasteiger partial charge in [0.25, 0.3) is 0 Å². The van der Waals surface area contributed by atoms with Gasteiger partial charge in [0.15, 0.2) is 0 Å². The molecule has 0 N–H and O–H groups in total. The van der Waals surface area contributed by atoms with E-state index in [1.807, 2.05) is 6.92 Å². The summed E-state index contributed by atoms with van der Waals surface area (Å²) in [5, 5.41) is -0.110. The van der Waals surface area contributed by atoms with Crippen LogP contribution in [0.1, 0.15) is 46.0 Å². The van der Waals surface area contributed by atoms with Crippen molar-refractivity contribution in [2.75, 3.05) is 0 Å². The summed E-state index contributed by atoms with van der Waals surface area (Å²) in [6.07, 6.45) is 4.93. The van der Waals surface area contributed by atoms with E-state index in [-0.39, 0.29) is 5.25 Å². The molecule has 11 heavy (non-hydrogen) atoms. The van der Waals surface area contributed by atoms with Gasteiger partial charge in [0.1, 0.15) is 0 Å². The summed E-state index contributed by atoms with van der Waals surface area (Å²) in [4.78, 5) is 0. The summed E-state index contributed by atoms with van der Waals surface area (Å²) in [5.74, 6) is 0. The van der Waals surface area contributed by atoms with E-state index in [0.29, 0.717) is 0 Å². The maximum atomic E-state index is 10.5. The lowest BCUT2D eigenvalue weighted by Crippen LogP contribution is -2.12. The molecule has 0 radical (unpaired) electrons. The molecule has 0 aliphatic carbocycles. The Labute approximate surface area is 71.7 Å². The van der Waals surface area contributed by atoms with Crippen molar-refractivity contribution < 1.29 is 8.76 Å². The smallest absolute Gasteiger partial charge is 0.0213 e. The second-order valence-corrected chi connectivity index (χ2v) is 3.97.